The van der Waals surface area contributed by atoms with Crippen molar-refractivity contribution < 1.29 is 19.7 Å². The van der Waals surface area contributed by atoms with Gasteiger partial charge in [-0.1, -0.05) is 12.1 Å². The van der Waals surface area contributed by atoms with E-state index in [9.17, 15) is 15.0 Å². The Morgan fingerprint density at radius 2 is 2.18 bits per heavy atom. The molecule has 0 aromatic heterocycles. The summed E-state index contributed by atoms with van der Waals surface area (Å²) in [7, 11) is 2.95. The molecule has 0 bridgehead atoms. The zero-order chi connectivity index (χ0) is 12.6. The summed E-state index contributed by atoms with van der Waals surface area (Å²) in [4.78, 5) is 11.5. The van der Waals surface area contributed by atoms with E-state index in [0.29, 0.717) is 11.3 Å². The molecule has 1 heterocycles. The third-order valence-corrected chi connectivity index (χ3v) is 2.77. The van der Waals surface area contributed by atoms with Crippen LogP contribution in [0.2, 0.25) is 0 Å². The first kappa shape index (κ1) is 11.8. The van der Waals surface area contributed by atoms with Crippen molar-refractivity contribution in [3.05, 3.63) is 29.8 Å². The molecule has 1 amide bonds. The first-order chi connectivity index (χ1) is 7.96. The normalized spacial score (nSPS) is 22.9. The summed E-state index contributed by atoms with van der Waals surface area (Å²) in [6.07, 6.45) is 0. The largest absolute Gasteiger partial charge is 0.497 e. The van der Waals surface area contributed by atoms with Crippen LogP contribution in [0.1, 0.15) is 11.6 Å². The molecule has 1 aromatic carbocycles. The second kappa shape index (κ2) is 3.99. The Balaban J connectivity index is 2.37. The zero-order valence-corrected chi connectivity index (χ0v) is 9.54. The molecule has 1 atom stereocenters. The average Bonchev–Trinajstić information content (AvgIpc) is 2.53. The van der Waals surface area contributed by atoms with E-state index in [1.165, 1.54) is 14.2 Å². The maximum atomic E-state index is 11.5. The van der Waals surface area contributed by atoms with E-state index < -0.39 is 17.7 Å². The second-order valence-corrected chi connectivity index (χ2v) is 3.93. The molecular weight excluding hydrogens is 224 g/mol. The smallest absolute Gasteiger partial charge is 0.298 e. The molecule has 17 heavy (non-hydrogen) atoms. The van der Waals surface area contributed by atoms with Gasteiger partial charge in [0.2, 0.25) is 0 Å². The number of hydrogen-bond donors (Lipinski definition) is 3. The van der Waals surface area contributed by atoms with E-state index in [0.717, 1.165) is 5.01 Å². The van der Waals surface area contributed by atoms with Gasteiger partial charge in [0.1, 0.15) is 11.8 Å². The van der Waals surface area contributed by atoms with E-state index in [2.05, 4.69) is 5.43 Å². The fraction of sp³-hybridized carbons (Fsp3) is 0.364. The molecule has 1 unspecified atom stereocenters. The molecule has 1 aliphatic heterocycles. The van der Waals surface area contributed by atoms with Crippen LogP contribution in [0.25, 0.3) is 0 Å². The summed E-state index contributed by atoms with van der Waals surface area (Å²) < 4.78 is 5.05. The number of hydrogen-bond acceptors (Lipinski definition) is 5. The van der Waals surface area contributed by atoms with Crippen molar-refractivity contribution in [2.75, 3.05) is 14.2 Å². The molecule has 0 spiro atoms. The number of rotatable bonds is 2. The Bertz CT molecular complexity index is 447. The number of likely N-dealkylation sites (N-methyl/N-ethyl adjacent to an activating group) is 1. The highest BCUT2D eigenvalue weighted by Crippen LogP contribution is 2.32. The molecule has 1 aliphatic rings. The summed E-state index contributed by atoms with van der Waals surface area (Å²) in [5.41, 5.74) is 3.25. The van der Waals surface area contributed by atoms with Crippen molar-refractivity contribution in [2.45, 2.75) is 11.8 Å². The van der Waals surface area contributed by atoms with Crippen LogP contribution in [0.3, 0.4) is 0 Å². The minimum atomic E-state index is -2.44. The number of methoxy groups -OCH3 is 1. The van der Waals surface area contributed by atoms with Crippen LogP contribution < -0.4 is 10.2 Å². The molecule has 6 heteroatoms. The number of amides is 1. The first-order valence-electron chi connectivity index (χ1n) is 5.10. The Morgan fingerprint density at radius 3 is 2.71 bits per heavy atom. The fourth-order valence-corrected chi connectivity index (χ4v) is 1.84. The number of carbonyl (C=O) groups is 1. The number of nitrogens with one attached hydrogen (secondary N) is 1. The lowest BCUT2D eigenvalue weighted by atomic mass is 10.00. The molecule has 0 aliphatic carbocycles. The van der Waals surface area contributed by atoms with Gasteiger partial charge >= 0.3 is 0 Å². The lowest BCUT2D eigenvalue weighted by Crippen LogP contribution is -2.41. The summed E-state index contributed by atoms with van der Waals surface area (Å²) in [6.45, 7) is 0. The molecular formula is C11H14N2O4. The van der Waals surface area contributed by atoms with Crippen LogP contribution in [0.4, 0.5) is 0 Å². The van der Waals surface area contributed by atoms with Crippen LogP contribution in [-0.2, 0) is 4.79 Å². The van der Waals surface area contributed by atoms with E-state index in [1.807, 2.05) is 0 Å². The minimum absolute atomic E-state index is 0.562. The highest BCUT2D eigenvalue weighted by molar-refractivity contribution is 5.85. The molecule has 1 saturated heterocycles. The first-order valence-corrected chi connectivity index (χ1v) is 5.10. The van der Waals surface area contributed by atoms with E-state index in [-0.39, 0.29) is 0 Å². The summed E-state index contributed by atoms with van der Waals surface area (Å²) >= 11 is 0. The van der Waals surface area contributed by atoms with Crippen LogP contribution in [-0.4, -0.2) is 41.1 Å². The molecule has 92 valence electrons. The van der Waals surface area contributed by atoms with Crippen LogP contribution in [0, 0.1) is 0 Å². The van der Waals surface area contributed by atoms with Gasteiger partial charge in [0, 0.05) is 7.05 Å². The third kappa shape index (κ3) is 1.86. The SMILES string of the molecule is COc1cccc(C2NN(C)C(=O)C2(O)O)c1. The van der Waals surface area contributed by atoms with Gasteiger partial charge in [0.05, 0.1) is 7.11 Å². The molecule has 0 radical (unpaired) electrons. The van der Waals surface area contributed by atoms with Gasteiger partial charge < -0.3 is 14.9 Å². The summed E-state index contributed by atoms with van der Waals surface area (Å²) in [5, 5.41) is 20.6. The number of benzene rings is 1. The Hall–Kier alpha value is -1.63. The predicted molar refractivity (Wildman–Crippen MR) is 58.8 cm³/mol. The molecule has 0 saturated carbocycles. The van der Waals surface area contributed by atoms with Crippen molar-refractivity contribution in [1.82, 2.24) is 10.4 Å². The van der Waals surface area contributed by atoms with Gasteiger partial charge in [-0.25, -0.2) is 5.43 Å². The molecule has 1 fully saturated rings. The van der Waals surface area contributed by atoms with Gasteiger partial charge in [-0.3, -0.25) is 9.80 Å². The lowest BCUT2D eigenvalue weighted by molar-refractivity contribution is -0.186. The van der Waals surface area contributed by atoms with E-state index in [4.69, 9.17) is 4.74 Å². The van der Waals surface area contributed by atoms with Crippen LogP contribution >= 0.6 is 0 Å². The maximum Gasteiger partial charge on any atom is 0.298 e. The van der Waals surface area contributed by atoms with Gasteiger partial charge in [0.25, 0.3) is 11.7 Å². The van der Waals surface area contributed by atoms with Crippen molar-refractivity contribution in [3.63, 3.8) is 0 Å². The van der Waals surface area contributed by atoms with E-state index in [1.54, 1.807) is 24.3 Å². The number of aliphatic hydroxyl groups is 2. The number of nitrogens with zero attached hydrogens (tertiary/aromatic N) is 1. The van der Waals surface area contributed by atoms with Gasteiger partial charge in [-0.05, 0) is 17.7 Å². The minimum Gasteiger partial charge on any atom is -0.497 e. The molecule has 1 aromatic rings. The monoisotopic (exact) mass is 238 g/mol. The molecule has 3 N–H and O–H groups in total. The predicted octanol–water partition coefficient (Wildman–Crippen LogP) is -0.606. The summed E-state index contributed by atoms with van der Waals surface area (Å²) in [5.74, 6) is -2.64. The maximum absolute atomic E-state index is 11.5. The quantitative estimate of drug-likeness (QED) is 0.599. The Labute approximate surface area is 98.4 Å². The van der Waals surface area contributed by atoms with Crippen molar-refractivity contribution in [2.24, 2.45) is 0 Å². The molecule has 6 nitrogen and oxygen atoms in total. The van der Waals surface area contributed by atoms with E-state index >= 15 is 0 Å². The number of ether oxygens (including phenoxy) is 1. The van der Waals surface area contributed by atoms with Crippen molar-refractivity contribution in [3.8, 4) is 5.75 Å². The van der Waals surface area contributed by atoms with Gasteiger partial charge in [-0.15, -0.1) is 0 Å². The average molecular weight is 238 g/mol. The number of hydrazine groups is 1. The lowest BCUT2D eigenvalue weighted by Gasteiger charge is -2.20. The highest BCUT2D eigenvalue weighted by atomic mass is 16.5. The Morgan fingerprint density at radius 1 is 1.47 bits per heavy atom. The molecule has 2 rings (SSSR count). The topological polar surface area (TPSA) is 82.0 Å². The van der Waals surface area contributed by atoms with Gasteiger partial charge in [0.15, 0.2) is 0 Å². The van der Waals surface area contributed by atoms with Crippen molar-refractivity contribution >= 4 is 5.91 Å². The van der Waals surface area contributed by atoms with Crippen LogP contribution in [0.15, 0.2) is 24.3 Å². The zero-order valence-electron chi connectivity index (χ0n) is 9.54. The van der Waals surface area contributed by atoms with Crippen molar-refractivity contribution in [1.29, 1.82) is 0 Å². The third-order valence-electron chi connectivity index (χ3n) is 2.77. The second-order valence-electron chi connectivity index (χ2n) is 3.93. The van der Waals surface area contributed by atoms with Crippen LogP contribution in [0.5, 0.6) is 5.75 Å². The standard InChI is InChI=1S/C11H14N2O4/c1-13-10(14)11(15,16)9(12-13)7-4-3-5-8(6-7)17-2/h3-6,9,12,15-16H,1-2H3. The highest BCUT2D eigenvalue weighted by Gasteiger charge is 2.51. The van der Waals surface area contributed by atoms with Gasteiger partial charge in [-0.2, -0.15) is 0 Å². The number of carbonyl (C=O) groups excluding carboxylic acids is 1. The summed E-state index contributed by atoms with van der Waals surface area (Å²) in [6, 6.07) is 5.88. The Kier molecular flexibility index (Phi) is 2.78. The fourth-order valence-electron chi connectivity index (χ4n) is 1.84.